The molecule has 0 aliphatic heterocycles. The molecule has 19 heavy (non-hydrogen) atoms. The number of rotatable bonds is 4. The van der Waals surface area contributed by atoms with Crippen LogP contribution in [-0.2, 0) is 11.0 Å². The van der Waals surface area contributed by atoms with E-state index in [1.165, 1.54) is 6.07 Å². The second kappa shape index (κ2) is 5.26. The number of carbonyl (C=O) groups is 1. The highest BCUT2D eigenvalue weighted by Gasteiger charge is 2.38. The Morgan fingerprint density at radius 1 is 1.53 bits per heavy atom. The summed E-state index contributed by atoms with van der Waals surface area (Å²) in [5, 5.41) is 20.4. The number of carboxylic acids is 1. The molecule has 0 saturated heterocycles. The monoisotopic (exact) mass is 284 g/mol. The van der Waals surface area contributed by atoms with Crippen molar-refractivity contribution in [3.63, 3.8) is 0 Å². The Morgan fingerprint density at radius 3 is 2.58 bits per heavy atom. The van der Waals surface area contributed by atoms with E-state index in [2.05, 4.69) is 38.8 Å². The maximum Gasteiger partial charge on any atom is 0.380 e. The van der Waals surface area contributed by atoms with E-state index in [-0.39, 0.29) is 23.2 Å². The van der Waals surface area contributed by atoms with Crippen LogP contribution in [0.4, 0.5) is 0 Å². The van der Waals surface area contributed by atoms with Gasteiger partial charge in [-0.25, -0.2) is 9.52 Å². The summed E-state index contributed by atoms with van der Waals surface area (Å²) in [4.78, 5) is 14.6. The summed E-state index contributed by atoms with van der Waals surface area (Å²) in [6.45, 7) is 10.4. The second-order valence-corrected chi connectivity index (χ2v) is 10.7. The first-order valence-corrected chi connectivity index (χ1v) is 8.92. The summed E-state index contributed by atoms with van der Waals surface area (Å²) < 4.78 is 6.40. The van der Waals surface area contributed by atoms with Crippen LogP contribution in [0.1, 0.15) is 37.1 Å². The molecule has 0 spiro atoms. The maximum absolute atomic E-state index is 11.6. The number of aromatic nitrogens is 2. The maximum atomic E-state index is 11.6. The number of carboxylic acid groups (broad SMARTS) is 1. The van der Waals surface area contributed by atoms with Crippen molar-refractivity contribution in [3.05, 3.63) is 29.0 Å². The van der Waals surface area contributed by atoms with Crippen LogP contribution in [0.2, 0.25) is 18.1 Å². The molecular weight excluding hydrogens is 264 g/mol. The van der Waals surface area contributed by atoms with Gasteiger partial charge < -0.3 is 14.7 Å². The number of hydrogen-bond donors (Lipinski definition) is 1. The largest absolute Gasteiger partial charge is 0.711 e. The fourth-order valence-electron chi connectivity index (χ4n) is 1.13. The van der Waals surface area contributed by atoms with E-state index in [4.69, 9.17) is 9.53 Å². The number of hydrogen-bond acceptors (Lipinski definition) is 4. The third kappa shape index (κ3) is 3.74. The molecule has 0 aromatic carbocycles. The summed E-state index contributed by atoms with van der Waals surface area (Å²) in [7, 11) is -1.99. The lowest BCUT2D eigenvalue weighted by atomic mass is 10.2. The molecule has 0 bridgehead atoms. The van der Waals surface area contributed by atoms with E-state index in [1.807, 2.05) is 0 Å². The summed E-state index contributed by atoms with van der Waals surface area (Å²) in [5.41, 5.74) is -0.152. The molecule has 1 aromatic rings. The Hall–Kier alpha value is -1.47. The van der Waals surface area contributed by atoms with Gasteiger partial charge in [0, 0.05) is 6.07 Å². The molecule has 0 fully saturated rings. The first-order chi connectivity index (χ1) is 8.54. The van der Waals surface area contributed by atoms with Crippen molar-refractivity contribution in [2.24, 2.45) is 0 Å². The van der Waals surface area contributed by atoms with Crippen LogP contribution in [0.25, 0.3) is 0 Å². The zero-order valence-electron chi connectivity index (χ0n) is 11.9. The Labute approximate surface area is 113 Å². The minimum absolute atomic E-state index is 0.0190. The van der Waals surface area contributed by atoms with E-state index in [0.717, 1.165) is 6.20 Å². The van der Waals surface area contributed by atoms with Gasteiger partial charge >= 0.3 is 11.8 Å². The molecule has 0 radical (unpaired) electrons. The van der Waals surface area contributed by atoms with Crippen molar-refractivity contribution < 1.29 is 19.1 Å². The van der Waals surface area contributed by atoms with Crippen LogP contribution < -0.4 is 4.73 Å². The van der Waals surface area contributed by atoms with Crippen LogP contribution in [0.3, 0.4) is 0 Å². The third-order valence-electron chi connectivity index (χ3n) is 3.46. The average molecular weight is 284 g/mol. The van der Waals surface area contributed by atoms with Crippen molar-refractivity contribution in [2.45, 2.75) is 45.5 Å². The van der Waals surface area contributed by atoms with Crippen molar-refractivity contribution in [1.29, 1.82) is 0 Å². The van der Waals surface area contributed by atoms with Crippen LogP contribution >= 0.6 is 0 Å². The second-order valence-electron chi connectivity index (χ2n) is 5.91. The lowest BCUT2D eigenvalue weighted by Gasteiger charge is -2.35. The smallest absolute Gasteiger partial charge is 0.380 e. The predicted octanol–water partition coefficient (Wildman–Crippen LogP) is 1.93. The Kier molecular flexibility index (Phi) is 4.31. The SMILES string of the molecule is CC(C)(C)[Si](C)(C)OCc1nc(C(=O)O)cc[n+]1[O-]. The van der Waals surface area contributed by atoms with Crippen molar-refractivity contribution in [3.8, 4) is 0 Å². The molecule has 0 atom stereocenters. The number of nitrogens with zero attached hydrogens (tertiary/aromatic N) is 2. The van der Waals surface area contributed by atoms with E-state index >= 15 is 0 Å². The zero-order valence-corrected chi connectivity index (χ0v) is 12.9. The lowest BCUT2D eigenvalue weighted by molar-refractivity contribution is -0.619. The molecule has 0 aliphatic rings. The Balaban J connectivity index is 2.89. The van der Waals surface area contributed by atoms with Crippen molar-refractivity contribution >= 4 is 14.3 Å². The van der Waals surface area contributed by atoms with Gasteiger partial charge in [-0.15, -0.1) is 0 Å². The fourth-order valence-corrected chi connectivity index (χ4v) is 2.05. The molecule has 0 aliphatic carbocycles. The normalized spacial score (nSPS) is 12.5. The van der Waals surface area contributed by atoms with Crippen molar-refractivity contribution in [1.82, 2.24) is 4.98 Å². The highest BCUT2D eigenvalue weighted by atomic mass is 28.4. The van der Waals surface area contributed by atoms with Gasteiger partial charge in [0.15, 0.2) is 8.32 Å². The molecule has 0 amide bonds. The highest BCUT2D eigenvalue weighted by Crippen LogP contribution is 2.36. The highest BCUT2D eigenvalue weighted by molar-refractivity contribution is 6.74. The van der Waals surface area contributed by atoms with E-state index in [0.29, 0.717) is 4.73 Å². The molecular formula is C12H20N2O4Si. The average Bonchev–Trinajstić information content (AvgIpc) is 2.26. The minimum Gasteiger partial charge on any atom is -0.711 e. The summed E-state index contributed by atoms with van der Waals surface area (Å²) in [6, 6.07) is 1.17. The zero-order chi connectivity index (χ0) is 14.8. The quantitative estimate of drug-likeness (QED) is 0.518. The molecule has 0 unspecified atom stereocenters. The third-order valence-corrected chi connectivity index (χ3v) is 7.94. The topological polar surface area (TPSA) is 86.4 Å². The molecule has 6 nitrogen and oxygen atoms in total. The van der Waals surface area contributed by atoms with E-state index in [1.54, 1.807) is 0 Å². The van der Waals surface area contributed by atoms with Crippen LogP contribution in [0, 0.1) is 5.21 Å². The Morgan fingerprint density at radius 2 is 2.11 bits per heavy atom. The summed E-state index contributed by atoms with van der Waals surface area (Å²) in [6.07, 6.45) is 1.14. The summed E-state index contributed by atoms with van der Waals surface area (Å²) >= 11 is 0. The molecule has 1 N–H and O–H groups in total. The van der Waals surface area contributed by atoms with Crippen LogP contribution in [0.15, 0.2) is 12.3 Å². The van der Waals surface area contributed by atoms with Gasteiger partial charge in [0.1, 0.15) is 6.61 Å². The minimum atomic E-state index is -1.99. The van der Waals surface area contributed by atoms with Gasteiger partial charge in [-0.3, -0.25) is 0 Å². The Bertz CT molecular complexity index is 483. The lowest BCUT2D eigenvalue weighted by Crippen LogP contribution is -2.43. The van der Waals surface area contributed by atoms with Gasteiger partial charge in [0.05, 0.1) is 6.20 Å². The van der Waals surface area contributed by atoms with E-state index in [9.17, 15) is 10.0 Å². The molecule has 1 heterocycles. The van der Waals surface area contributed by atoms with E-state index < -0.39 is 14.3 Å². The molecule has 7 heteroatoms. The molecule has 1 rings (SSSR count). The standard InChI is InChI=1S/C12H20N2O4Si/c1-12(2,3)19(4,5)18-8-10-13-9(11(15)16)6-7-14(10)17/h6-7H,8H2,1-5H3,(H,15,16). The fraction of sp³-hybridized carbons (Fsp3) is 0.583. The van der Waals surface area contributed by atoms with Gasteiger partial charge in [-0.1, -0.05) is 20.8 Å². The molecule has 106 valence electrons. The van der Waals surface area contributed by atoms with Gasteiger partial charge in [0.25, 0.3) is 5.69 Å². The number of aromatic carboxylic acids is 1. The first-order valence-electron chi connectivity index (χ1n) is 6.01. The van der Waals surface area contributed by atoms with Gasteiger partial charge in [-0.05, 0) is 23.1 Å². The van der Waals surface area contributed by atoms with Crippen molar-refractivity contribution in [2.75, 3.05) is 0 Å². The van der Waals surface area contributed by atoms with Gasteiger partial charge in [0.2, 0.25) is 0 Å². The molecule has 1 aromatic heterocycles. The summed E-state index contributed by atoms with van der Waals surface area (Å²) in [5.74, 6) is -1.08. The van der Waals surface area contributed by atoms with Crippen LogP contribution in [0.5, 0.6) is 0 Å². The molecule has 0 saturated carbocycles. The van der Waals surface area contributed by atoms with Gasteiger partial charge in [-0.2, -0.15) is 0 Å². The predicted molar refractivity (Wildman–Crippen MR) is 72.1 cm³/mol. The first kappa shape index (κ1) is 15.6. The van der Waals surface area contributed by atoms with Crippen LogP contribution in [-0.4, -0.2) is 24.4 Å².